The second-order valence-electron chi connectivity index (χ2n) is 7.02. The molecule has 0 fully saturated rings. The highest BCUT2D eigenvalue weighted by molar-refractivity contribution is 6.32. The van der Waals surface area contributed by atoms with Gasteiger partial charge in [-0.15, -0.1) is 0 Å². The van der Waals surface area contributed by atoms with Gasteiger partial charge in [-0.05, 0) is 38.5 Å². The number of nitrogens with zero attached hydrogens (tertiary/aromatic N) is 2. The molecule has 0 saturated heterocycles. The van der Waals surface area contributed by atoms with Crippen LogP contribution in [0.2, 0.25) is 5.02 Å². The zero-order valence-corrected chi connectivity index (χ0v) is 16.7. The first-order valence-electron chi connectivity index (χ1n) is 8.77. The van der Waals surface area contributed by atoms with Gasteiger partial charge in [-0.1, -0.05) is 41.4 Å². The van der Waals surface area contributed by atoms with Crippen molar-refractivity contribution < 1.29 is 14.3 Å². The molecule has 0 radical (unpaired) electrons. The average Bonchev–Trinajstić information content (AvgIpc) is 3.12. The molecule has 27 heavy (non-hydrogen) atoms. The van der Waals surface area contributed by atoms with E-state index in [1.165, 1.54) is 17.7 Å². The molecule has 142 valence electrons. The molecule has 0 aromatic heterocycles. The van der Waals surface area contributed by atoms with Crippen molar-refractivity contribution in [2.24, 2.45) is 5.10 Å². The van der Waals surface area contributed by atoms with E-state index in [0.717, 1.165) is 5.56 Å². The van der Waals surface area contributed by atoms with Crippen molar-refractivity contribution in [1.82, 2.24) is 5.01 Å². The lowest BCUT2D eigenvalue weighted by Crippen LogP contribution is -2.47. The van der Waals surface area contributed by atoms with Gasteiger partial charge in [0.1, 0.15) is 11.5 Å². The summed E-state index contributed by atoms with van der Waals surface area (Å²) < 4.78 is 11.2. The van der Waals surface area contributed by atoms with Crippen molar-refractivity contribution in [2.45, 2.75) is 38.8 Å². The third kappa shape index (κ3) is 4.08. The van der Waals surface area contributed by atoms with Gasteiger partial charge in [0.05, 0.1) is 18.2 Å². The molecule has 0 aliphatic carbocycles. The second-order valence-corrected chi connectivity index (χ2v) is 7.43. The van der Waals surface area contributed by atoms with Gasteiger partial charge in [-0.2, -0.15) is 5.10 Å². The molecule has 0 spiro atoms. The highest BCUT2D eigenvalue weighted by atomic mass is 35.5. The van der Waals surface area contributed by atoms with Crippen molar-refractivity contribution in [3.05, 3.63) is 58.6 Å². The first-order chi connectivity index (χ1) is 12.8. The Morgan fingerprint density at radius 3 is 2.59 bits per heavy atom. The third-order valence-electron chi connectivity index (χ3n) is 4.51. The number of rotatable bonds is 5. The number of halogens is 1. The van der Waals surface area contributed by atoms with E-state index in [9.17, 15) is 4.79 Å². The van der Waals surface area contributed by atoms with Crippen LogP contribution in [-0.2, 0) is 4.79 Å². The fourth-order valence-electron chi connectivity index (χ4n) is 2.99. The van der Waals surface area contributed by atoms with Crippen LogP contribution >= 0.6 is 11.6 Å². The number of carbonyl (C=O) groups is 1. The Kier molecular flexibility index (Phi) is 5.42. The van der Waals surface area contributed by atoms with Gasteiger partial charge >= 0.3 is 0 Å². The van der Waals surface area contributed by atoms with E-state index in [0.29, 0.717) is 22.9 Å². The maximum atomic E-state index is 13.2. The molecule has 1 unspecified atom stereocenters. The summed E-state index contributed by atoms with van der Waals surface area (Å²) in [6, 6.07) is 13.1. The van der Waals surface area contributed by atoms with Gasteiger partial charge in [-0.3, -0.25) is 4.79 Å². The Morgan fingerprint density at radius 2 is 1.93 bits per heavy atom. The van der Waals surface area contributed by atoms with E-state index in [1.54, 1.807) is 38.3 Å². The van der Waals surface area contributed by atoms with Gasteiger partial charge < -0.3 is 9.47 Å². The van der Waals surface area contributed by atoms with Crippen molar-refractivity contribution in [3.8, 4) is 11.5 Å². The van der Waals surface area contributed by atoms with Crippen LogP contribution in [0.1, 0.15) is 37.4 Å². The fraction of sp³-hybridized carbons (Fsp3) is 0.333. The monoisotopic (exact) mass is 386 g/mol. The van der Waals surface area contributed by atoms with Gasteiger partial charge in [0, 0.05) is 18.7 Å². The maximum Gasteiger partial charge on any atom is 0.286 e. The van der Waals surface area contributed by atoms with E-state index >= 15 is 0 Å². The van der Waals surface area contributed by atoms with Crippen molar-refractivity contribution in [3.63, 3.8) is 0 Å². The molecule has 1 aliphatic heterocycles. The largest absolute Gasteiger partial charge is 0.495 e. The van der Waals surface area contributed by atoms with Crippen LogP contribution in [0.5, 0.6) is 11.5 Å². The number of methoxy groups -OCH3 is 1. The summed E-state index contributed by atoms with van der Waals surface area (Å²) in [5, 5.41) is 6.30. The topological polar surface area (TPSA) is 51.1 Å². The predicted molar refractivity (Wildman–Crippen MR) is 107 cm³/mol. The summed E-state index contributed by atoms with van der Waals surface area (Å²) in [4.78, 5) is 13.2. The van der Waals surface area contributed by atoms with E-state index in [2.05, 4.69) is 5.10 Å². The van der Waals surface area contributed by atoms with Crippen LogP contribution in [0.15, 0.2) is 47.6 Å². The smallest absolute Gasteiger partial charge is 0.286 e. The van der Waals surface area contributed by atoms with E-state index < -0.39 is 5.60 Å². The molecule has 5 nitrogen and oxygen atoms in total. The molecule has 6 heteroatoms. The molecule has 1 aliphatic rings. The molecule has 1 heterocycles. The molecule has 2 aromatic carbocycles. The number of amides is 1. The van der Waals surface area contributed by atoms with E-state index in [-0.39, 0.29) is 11.9 Å². The minimum absolute atomic E-state index is 0.124. The van der Waals surface area contributed by atoms with Crippen LogP contribution in [0.4, 0.5) is 0 Å². The Balaban J connectivity index is 1.80. The second kappa shape index (κ2) is 7.61. The number of hydrogen-bond donors (Lipinski definition) is 0. The minimum Gasteiger partial charge on any atom is -0.495 e. The zero-order chi connectivity index (χ0) is 19.6. The molecule has 0 N–H and O–H groups in total. The number of ether oxygens (including phenoxy) is 2. The number of hydrogen-bond acceptors (Lipinski definition) is 4. The molecule has 3 rings (SSSR count). The number of hydrazone groups is 1. The van der Waals surface area contributed by atoms with Gasteiger partial charge in [0.25, 0.3) is 5.91 Å². The van der Waals surface area contributed by atoms with Crippen molar-refractivity contribution in [1.29, 1.82) is 0 Å². The highest BCUT2D eigenvalue weighted by Gasteiger charge is 2.39. The minimum atomic E-state index is -1.11. The first kappa shape index (κ1) is 19.2. The lowest BCUT2D eigenvalue weighted by Gasteiger charge is -2.31. The van der Waals surface area contributed by atoms with Crippen LogP contribution in [0.25, 0.3) is 0 Å². The third-order valence-corrected chi connectivity index (χ3v) is 4.82. The quantitative estimate of drug-likeness (QED) is 0.743. The van der Waals surface area contributed by atoms with Gasteiger partial charge in [0.15, 0.2) is 5.60 Å². The standard InChI is InChI=1S/C21H23ClN2O3/c1-14-5-7-15(8-6-14)18-11-12-23-24(18)20(25)21(2,3)27-16-9-10-17(22)19(13-16)26-4/h5-10,12-13,18H,11H2,1-4H3. The summed E-state index contributed by atoms with van der Waals surface area (Å²) in [6.07, 6.45) is 2.45. The summed E-state index contributed by atoms with van der Waals surface area (Å²) in [5.74, 6) is 0.787. The first-order valence-corrected chi connectivity index (χ1v) is 9.15. The Hall–Kier alpha value is -2.53. The maximum absolute atomic E-state index is 13.2. The number of aryl methyl sites for hydroxylation is 1. The SMILES string of the molecule is COc1cc(OC(C)(C)C(=O)N2N=CCC2c2ccc(C)cc2)ccc1Cl. The predicted octanol–water partition coefficient (Wildman–Crippen LogP) is 4.77. The zero-order valence-electron chi connectivity index (χ0n) is 15.9. The number of carbonyl (C=O) groups excluding carboxylic acids is 1. The lowest BCUT2D eigenvalue weighted by molar-refractivity contribution is -0.147. The summed E-state index contributed by atoms with van der Waals surface area (Å²) >= 11 is 6.06. The molecule has 1 atom stereocenters. The van der Waals surface area contributed by atoms with Crippen LogP contribution < -0.4 is 9.47 Å². The normalized spacial score (nSPS) is 16.5. The number of benzene rings is 2. The van der Waals surface area contributed by atoms with Gasteiger partial charge in [0.2, 0.25) is 0 Å². The Labute approximate surface area is 164 Å². The molecular formula is C21H23ClN2O3. The Bertz CT molecular complexity index is 862. The van der Waals surface area contributed by atoms with Crippen molar-refractivity contribution >= 4 is 23.7 Å². The van der Waals surface area contributed by atoms with E-state index in [4.69, 9.17) is 21.1 Å². The summed E-state index contributed by atoms with van der Waals surface area (Å²) in [5.41, 5.74) is 1.12. The molecule has 0 saturated carbocycles. The van der Waals surface area contributed by atoms with Crippen LogP contribution in [0.3, 0.4) is 0 Å². The van der Waals surface area contributed by atoms with Crippen LogP contribution in [-0.4, -0.2) is 29.8 Å². The van der Waals surface area contributed by atoms with Gasteiger partial charge in [-0.25, -0.2) is 5.01 Å². The van der Waals surface area contributed by atoms with Crippen molar-refractivity contribution in [2.75, 3.05) is 7.11 Å². The molecule has 0 bridgehead atoms. The average molecular weight is 387 g/mol. The summed E-state index contributed by atoms with van der Waals surface area (Å²) in [6.45, 7) is 5.50. The van der Waals surface area contributed by atoms with E-state index in [1.807, 2.05) is 31.2 Å². The highest BCUT2D eigenvalue weighted by Crippen LogP contribution is 2.34. The molecular weight excluding hydrogens is 364 g/mol. The molecule has 2 aromatic rings. The van der Waals surface area contributed by atoms with Crippen LogP contribution in [0, 0.1) is 6.92 Å². The Morgan fingerprint density at radius 1 is 1.22 bits per heavy atom. The summed E-state index contributed by atoms with van der Waals surface area (Å²) in [7, 11) is 1.53. The fourth-order valence-corrected chi connectivity index (χ4v) is 3.19. The molecule has 1 amide bonds. The lowest BCUT2D eigenvalue weighted by atomic mass is 10.0.